The molecular formula is C14H20ClNO. The Kier molecular flexibility index (Phi) is 5.14. The first kappa shape index (κ1) is 12.7. The molecule has 1 atom stereocenters. The summed E-state index contributed by atoms with van der Waals surface area (Å²) in [6, 6.07) is 8.22. The van der Waals surface area contributed by atoms with Crippen molar-refractivity contribution in [2.75, 3.05) is 18.5 Å². The van der Waals surface area contributed by atoms with Gasteiger partial charge in [-0.2, -0.15) is 0 Å². The molecule has 0 aliphatic carbocycles. The average Bonchev–Trinajstić information content (AvgIpc) is 2.88. The number of alkyl halides is 1. The van der Waals surface area contributed by atoms with Gasteiger partial charge in [0, 0.05) is 24.7 Å². The van der Waals surface area contributed by atoms with Crippen molar-refractivity contribution < 1.29 is 4.74 Å². The second-order valence-electron chi connectivity index (χ2n) is 4.49. The maximum atomic E-state index is 5.89. The van der Waals surface area contributed by atoms with Crippen molar-refractivity contribution in [1.29, 1.82) is 0 Å². The molecule has 1 fully saturated rings. The topological polar surface area (TPSA) is 21.3 Å². The molecule has 1 aliphatic heterocycles. The van der Waals surface area contributed by atoms with Crippen LogP contribution in [0.5, 0.6) is 0 Å². The van der Waals surface area contributed by atoms with E-state index in [1.807, 2.05) is 12.1 Å². The number of para-hydroxylation sites is 1. The third kappa shape index (κ3) is 3.90. The number of rotatable bonds is 6. The van der Waals surface area contributed by atoms with Crippen LogP contribution in [0.25, 0.3) is 0 Å². The van der Waals surface area contributed by atoms with Crippen LogP contribution >= 0.6 is 11.6 Å². The number of benzene rings is 1. The van der Waals surface area contributed by atoms with Crippen molar-refractivity contribution in [3.8, 4) is 0 Å². The lowest BCUT2D eigenvalue weighted by Crippen LogP contribution is -2.09. The Morgan fingerprint density at radius 1 is 1.35 bits per heavy atom. The summed E-state index contributed by atoms with van der Waals surface area (Å²) >= 11 is 5.89. The van der Waals surface area contributed by atoms with Crippen LogP contribution in [-0.2, 0) is 10.6 Å². The molecule has 3 heteroatoms. The van der Waals surface area contributed by atoms with Crippen molar-refractivity contribution in [2.24, 2.45) is 0 Å². The maximum absolute atomic E-state index is 5.89. The Bertz CT molecular complexity index is 337. The summed E-state index contributed by atoms with van der Waals surface area (Å²) in [6.45, 7) is 1.95. The smallest absolute Gasteiger partial charge is 0.0576 e. The number of halogens is 1. The lowest BCUT2D eigenvalue weighted by atomic mass is 10.1. The van der Waals surface area contributed by atoms with Gasteiger partial charge in [-0.25, -0.2) is 0 Å². The monoisotopic (exact) mass is 253 g/mol. The lowest BCUT2D eigenvalue weighted by molar-refractivity contribution is 0.103. The highest BCUT2D eigenvalue weighted by atomic mass is 35.5. The molecule has 1 unspecified atom stereocenters. The summed E-state index contributed by atoms with van der Waals surface area (Å²) in [4.78, 5) is 0. The van der Waals surface area contributed by atoms with E-state index in [0.717, 1.165) is 31.7 Å². The van der Waals surface area contributed by atoms with Crippen molar-refractivity contribution in [3.63, 3.8) is 0 Å². The molecule has 1 N–H and O–H groups in total. The highest BCUT2D eigenvalue weighted by Gasteiger charge is 2.14. The molecule has 0 amide bonds. The van der Waals surface area contributed by atoms with Crippen LogP contribution in [-0.4, -0.2) is 19.3 Å². The predicted molar refractivity (Wildman–Crippen MR) is 72.7 cm³/mol. The fraction of sp³-hybridized carbons (Fsp3) is 0.571. The zero-order valence-corrected chi connectivity index (χ0v) is 10.9. The van der Waals surface area contributed by atoms with Gasteiger partial charge in [0.25, 0.3) is 0 Å². The molecule has 17 heavy (non-hydrogen) atoms. The van der Waals surface area contributed by atoms with Gasteiger partial charge in [0.2, 0.25) is 0 Å². The highest BCUT2D eigenvalue weighted by Crippen LogP contribution is 2.19. The lowest BCUT2D eigenvalue weighted by Gasteiger charge is -2.12. The zero-order valence-electron chi connectivity index (χ0n) is 10.1. The minimum Gasteiger partial charge on any atom is -0.385 e. The van der Waals surface area contributed by atoms with E-state index in [1.165, 1.54) is 18.4 Å². The van der Waals surface area contributed by atoms with Crippen molar-refractivity contribution in [2.45, 2.75) is 37.7 Å². The third-order valence-electron chi connectivity index (χ3n) is 3.20. The Morgan fingerprint density at radius 2 is 2.24 bits per heavy atom. The van der Waals surface area contributed by atoms with Crippen LogP contribution in [0.3, 0.4) is 0 Å². The summed E-state index contributed by atoms with van der Waals surface area (Å²) in [5.74, 6) is 0.564. The Hall–Kier alpha value is -0.730. The van der Waals surface area contributed by atoms with Gasteiger partial charge in [-0.1, -0.05) is 18.2 Å². The van der Waals surface area contributed by atoms with Crippen molar-refractivity contribution in [3.05, 3.63) is 29.8 Å². The van der Waals surface area contributed by atoms with E-state index >= 15 is 0 Å². The summed E-state index contributed by atoms with van der Waals surface area (Å²) in [7, 11) is 0. The standard InChI is InChI=1S/C14H20ClNO/c15-11-12-5-1-2-8-14(12)16-9-3-6-13-7-4-10-17-13/h1-2,5,8,13,16H,3-4,6-7,9-11H2. The largest absolute Gasteiger partial charge is 0.385 e. The highest BCUT2D eigenvalue weighted by molar-refractivity contribution is 6.17. The zero-order chi connectivity index (χ0) is 11.9. The molecule has 1 heterocycles. The van der Waals surface area contributed by atoms with E-state index in [4.69, 9.17) is 16.3 Å². The summed E-state index contributed by atoms with van der Waals surface area (Å²) in [5, 5.41) is 3.45. The number of ether oxygens (including phenoxy) is 1. The summed E-state index contributed by atoms with van der Waals surface area (Å²) in [6.07, 6.45) is 5.28. The van der Waals surface area contributed by atoms with Gasteiger partial charge in [0.1, 0.15) is 0 Å². The summed E-state index contributed by atoms with van der Waals surface area (Å²) in [5.41, 5.74) is 2.33. The molecule has 1 aromatic rings. The molecule has 1 aromatic carbocycles. The first-order valence-corrected chi connectivity index (χ1v) is 6.93. The van der Waals surface area contributed by atoms with Crippen LogP contribution in [0, 0.1) is 0 Å². The van der Waals surface area contributed by atoms with Crippen LogP contribution in [0.1, 0.15) is 31.2 Å². The van der Waals surface area contributed by atoms with E-state index < -0.39 is 0 Å². The molecule has 0 spiro atoms. The fourth-order valence-corrected chi connectivity index (χ4v) is 2.47. The first-order valence-electron chi connectivity index (χ1n) is 6.39. The van der Waals surface area contributed by atoms with E-state index in [0.29, 0.717) is 12.0 Å². The molecular weight excluding hydrogens is 234 g/mol. The minimum atomic E-state index is 0.500. The SMILES string of the molecule is ClCc1ccccc1NCCCC1CCCO1. The Labute approximate surface area is 108 Å². The van der Waals surface area contributed by atoms with Gasteiger partial charge < -0.3 is 10.1 Å². The normalized spacial score (nSPS) is 19.5. The maximum Gasteiger partial charge on any atom is 0.0576 e. The van der Waals surface area contributed by atoms with Gasteiger partial charge in [-0.05, 0) is 37.3 Å². The number of anilines is 1. The van der Waals surface area contributed by atoms with E-state index in [1.54, 1.807) is 0 Å². The molecule has 0 radical (unpaired) electrons. The van der Waals surface area contributed by atoms with E-state index in [9.17, 15) is 0 Å². The van der Waals surface area contributed by atoms with Gasteiger partial charge in [-0.3, -0.25) is 0 Å². The Morgan fingerprint density at radius 3 is 3.00 bits per heavy atom. The van der Waals surface area contributed by atoms with Crippen LogP contribution < -0.4 is 5.32 Å². The molecule has 2 rings (SSSR count). The molecule has 94 valence electrons. The number of nitrogens with one attached hydrogen (secondary N) is 1. The van der Waals surface area contributed by atoms with E-state index in [2.05, 4.69) is 17.4 Å². The molecule has 1 saturated heterocycles. The minimum absolute atomic E-state index is 0.500. The van der Waals surface area contributed by atoms with E-state index in [-0.39, 0.29) is 0 Å². The van der Waals surface area contributed by atoms with Crippen LogP contribution in [0.15, 0.2) is 24.3 Å². The van der Waals surface area contributed by atoms with Gasteiger partial charge in [-0.15, -0.1) is 11.6 Å². The predicted octanol–water partition coefficient (Wildman–Crippen LogP) is 3.80. The van der Waals surface area contributed by atoms with Crippen LogP contribution in [0.4, 0.5) is 5.69 Å². The molecule has 0 bridgehead atoms. The van der Waals surface area contributed by atoms with Crippen molar-refractivity contribution in [1.82, 2.24) is 0 Å². The molecule has 0 saturated carbocycles. The molecule has 2 nitrogen and oxygen atoms in total. The van der Waals surface area contributed by atoms with Gasteiger partial charge >= 0.3 is 0 Å². The Balaban J connectivity index is 1.70. The fourth-order valence-electron chi connectivity index (χ4n) is 2.23. The second-order valence-corrected chi connectivity index (χ2v) is 4.76. The molecule has 1 aliphatic rings. The first-order chi connectivity index (χ1) is 8.40. The average molecular weight is 254 g/mol. The van der Waals surface area contributed by atoms with Gasteiger partial charge in [0.15, 0.2) is 0 Å². The number of hydrogen-bond acceptors (Lipinski definition) is 2. The van der Waals surface area contributed by atoms with Gasteiger partial charge in [0.05, 0.1) is 6.10 Å². The molecule has 0 aromatic heterocycles. The quantitative estimate of drug-likeness (QED) is 0.615. The van der Waals surface area contributed by atoms with Crippen molar-refractivity contribution >= 4 is 17.3 Å². The summed E-state index contributed by atoms with van der Waals surface area (Å²) < 4.78 is 5.60. The third-order valence-corrected chi connectivity index (χ3v) is 3.49. The number of hydrogen-bond donors (Lipinski definition) is 1. The second kappa shape index (κ2) is 6.87. The van der Waals surface area contributed by atoms with Crippen LogP contribution in [0.2, 0.25) is 0 Å².